The van der Waals surface area contributed by atoms with E-state index in [1.165, 1.54) is 4.88 Å². The summed E-state index contributed by atoms with van der Waals surface area (Å²) >= 11 is 1.68. The number of nitrogens with two attached hydrogens (primary N) is 1. The van der Waals surface area contributed by atoms with E-state index in [-0.39, 0.29) is 12.6 Å². The van der Waals surface area contributed by atoms with E-state index in [4.69, 9.17) is 10.5 Å². The van der Waals surface area contributed by atoms with Crippen molar-refractivity contribution in [2.24, 2.45) is 5.73 Å². The molecule has 0 aromatic carbocycles. The number of rotatable bonds is 7. The predicted octanol–water partition coefficient (Wildman–Crippen LogP) is 2.98. The molecule has 5 heteroatoms. The number of hydrogen-bond donors (Lipinski definition) is 1. The van der Waals surface area contributed by atoms with Gasteiger partial charge in [-0.05, 0) is 25.0 Å². The molecule has 1 aromatic rings. The molecule has 16 heavy (non-hydrogen) atoms. The molecule has 1 aromatic heterocycles. The predicted molar refractivity (Wildman–Crippen MR) is 62.1 cm³/mol. The minimum absolute atomic E-state index is 0.108. The minimum atomic E-state index is -2.40. The first-order valence-electron chi connectivity index (χ1n) is 5.33. The summed E-state index contributed by atoms with van der Waals surface area (Å²) in [5, 5.41) is 0. The molecule has 2 nitrogen and oxygen atoms in total. The summed E-state index contributed by atoms with van der Waals surface area (Å²) in [6.07, 6.45) is -0.819. The molecule has 0 fully saturated rings. The van der Waals surface area contributed by atoms with E-state index in [2.05, 4.69) is 13.0 Å². The Balaban J connectivity index is 2.26. The molecule has 0 saturated heterocycles. The standard InChI is InChI=1S/C11H17F2NOS/c1-2-8-3-4-10(16-8)9(14)5-6-15-7-11(12)13/h3-4,9,11H,2,5-7,14H2,1H3. The molecule has 0 aliphatic rings. The molecular weight excluding hydrogens is 232 g/mol. The Bertz CT molecular complexity index is 304. The Labute approximate surface area is 98.4 Å². The zero-order valence-electron chi connectivity index (χ0n) is 9.29. The van der Waals surface area contributed by atoms with Gasteiger partial charge in [-0.25, -0.2) is 8.78 Å². The van der Waals surface area contributed by atoms with Crippen molar-refractivity contribution in [3.63, 3.8) is 0 Å². The Hall–Kier alpha value is -0.520. The van der Waals surface area contributed by atoms with Crippen LogP contribution in [-0.2, 0) is 11.2 Å². The Morgan fingerprint density at radius 2 is 2.19 bits per heavy atom. The molecule has 1 rings (SSSR count). The van der Waals surface area contributed by atoms with Gasteiger partial charge in [0.15, 0.2) is 0 Å². The maximum Gasteiger partial charge on any atom is 0.261 e. The van der Waals surface area contributed by atoms with E-state index in [1.54, 1.807) is 11.3 Å². The van der Waals surface area contributed by atoms with Crippen LogP contribution in [0.25, 0.3) is 0 Å². The van der Waals surface area contributed by atoms with Crippen LogP contribution in [0, 0.1) is 0 Å². The molecule has 0 saturated carbocycles. The summed E-state index contributed by atoms with van der Waals surface area (Å²) < 4.78 is 28.3. The van der Waals surface area contributed by atoms with E-state index >= 15 is 0 Å². The van der Waals surface area contributed by atoms with Crippen LogP contribution in [-0.4, -0.2) is 19.6 Å². The van der Waals surface area contributed by atoms with E-state index < -0.39 is 13.0 Å². The summed E-state index contributed by atoms with van der Waals surface area (Å²) in [5.74, 6) is 0. The highest BCUT2D eigenvalue weighted by atomic mass is 32.1. The second-order valence-corrected chi connectivity index (χ2v) is 4.72. The Morgan fingerprint density at radius 1 is 1.44 bits per heavy atom. The number of ether oxygens (including phenoxy) is 1. The summed E-state index contributed by atoms with van der Waals surface area (Å²) in [5.41, 5.74) is 5.92. The van der Waals surface area contributed by atoms with Gasteiger partial charge in [0.1, 0.15) is 6.61 Å². The van der Waals surface area contributed by atoms with Crippen LogP contribution in [0.2, 0.25) is 0 Å². The van der Waals surface area contributed by atoms with Crippen LogP contribution in [0.3, 0.4) is 0 Å². The third-order valence-corrected chi connectivity index (χ3v) is 3.57. The molecular formula is C11H17F2NOS. The largest absolute Gasteiger partial charge is 0.375 e. The lowest BCUT2D eigenvalue weighted by molar-refractivity contribution is 0.0153. The minimum Gasteiger partial charge on any atom is -0.375 e. The number of thiophene rings is 1. The molecule has 0 radical (unpaired) electrons. The quantitative estimate of drug-likeness (QED) is 0.754. The molecule has 0 aliphatic heterocycles. The van der Waals surface area contributed by atoms with Gasteiger partial charge in [-0.15, -0.1) is 11.3 Å². The highest BCUT2D eigenvalue weighted by molar-refractivity contribution is 7.12. The van der Waals surface area contributed by atoms with Gasteiger partial charge in [-0.1, -0.05) is 6.92 Å². The Morgan fingerprint density at radius 3 is 2.75 bits per heavy atom. The van der Waals surface area contributed by atoms with Crippen LogP contribution >= 0.6 is 11.3 Å². The van der Waals surface area contributed by atoms with Gasteiger partial charge in [-0.3, -0.25) is 0 Å². The third kappa shape index (κ3) is 4.55. The summed E-state index contributed by atoms with van der Waals surface area (Å²) in [6.45, 7) is 1.87. The van der Waals surface area contributed by atoms with Crippen LogP contribution in [0.4, 0.5) is 8.78 Å². The van der Waals surface area contributed by atoms with E-state index in [0.717, 1.165) is 11.3 Å². The number of alkyl halides is 2. The fourth-order valence-corrected chi connectivity index (χ4v) is 2.30. The second-order valence-electron chi connectivity index (χ2n) is 3.52. The van der Waals surface area contributed by atoms with Crippen LogP contribution in [0.5, 0.6) is 0 Å². The van der Waals surface area contributed by atoms with E-state index in [9.17, 15) is 8.78 Å². The van der Waals surface area contributed by atoms with Crippen molar-refractivity contribution < 1.29 is 13.5 Å². The van der Waals surface area contributed by atoms with Crippen molar-refractivity contribution in [3.8, 4) is 0 Å². The zero-order valence-corrected chi connectivity index (χ0v) is 10.1. The number of hydrogen-bond acceptors (Lipinski definition) is 3. The first-order valence-corrected chi connectivity index (χ1v) is 6.15. The highest BCUT2D eigenvalue weighted by Gasteiger charge is 2.09. The summed E-state index contributed by atoms with van der Waals surface area (Å²) in [6, 6.07) is 3.95. The van der Waals surface area contributed by atoms with Gasteiger partial charge in [0.25, 0.3) is 6.43 Å². The van der Waals surface area contributed by atoms with Gasteiger partial charge in [0.2, 0.25) is 0 Å². The van der Waals surface area contributed by atoms with Crippen molar-refractivity contribution in [2.45, 2.75) is 32.2 Å². The molecule has 1 unspecified atom stereocenters. The van der Waals surface area contributed by atoms with Crippen LogP contribution in [0.1, 0.15) is 29.1 Å². The van der Waals surface area contributed by atoms with Crippen molar-refractivity contribution in [1.29, 1.82) is 0 Å². The van der Waals surface area contributed by atoms with Gasteiger partial charge in [0.05, 0.1) is 0 Å². The maximum absolute atomic E-state index is 11.8. The summed E-state index contributed by atoms with van der Waals surface area (Å²) in [4.78, 5) is 2.39. The highest BCUT2D eigenvalue weighted by Crippen LogP contribution is 2.24. The van der Waals surface area contributed by atoms with Crippen molar-refractivity contribution in [1.82, 2.24) is 0 Å². The fraction of sp³-hybridized carbons (Fsp3) is 0.636. The molecule has 2 N–H and O–H groups in total. The molecule has 1 heterocycles. The summed E-state index contributed by atoms with van der Waals surface area (Å²) in [7, 11) is 0. The van der Waals surface area contributed by atoms with Gasteiger partial charge in [-0.2, -0.15) is 0 Å². The van der Waals surface area contributed by atoms with E-state index in [0.29, 0.717) is 6.42 Å². The number of halogens is 2. The lowest BCUT2D eigenvalue weighted by atomic mass is 10.2. The molecule has 0 aliphatic carbocycles. The van der Waals surface area contributed by atoms with Gasteiger partial charge < -0.3 is 10.5 Å². The van der Waals surface area contributed by atoms with Crippen LogP contribution in [0.15, 0.2) is 12.1 Å². The van der Waals surface area contributed by atoms with Gasteiger partial charge >= 0.3 is 0 Å². The average molecular weight is 249 g/mol. The smallest absolute Gasteiger partial charge is 0.261 e. The average Bonchev–Trinajstić information content (AvgIpc) is 2.72. The van der Waals surface area contributed by atoms with Crippen LogP contribution < -0.4 is 5.73 Å². The second kappa shape index (κ2) is 6.93. The maximum atomic E-state index is 11.8. The first kappa shape index (κ1) is 13.5. The Kier molecular flexibility index (Phi) is 5.87. The fourth-order valence-electron chi connectivity index (χ4n) is 1.31. The zero-order chi connectivity index (χ0) is 12.0. The van der Waals surface area contributed by atoms with E-state index in [1.807, 2.05) is 6.07 Å². The SMILES string of the molecule is CCc1ccc(C(N)CCOCC(F)F)s1. The van der Waals surface area contributed by atoms with Crippen molar-refractivity contribution in [2.75, 3.05) is 13.2 Å². The molecule has 92 valence electrons. The van der Waals surface area contributed by atoms with Gasteiger partial charge in [0, 0.05) is 22.4 Å². The normalized spacial score (nSPS) is 13.3. The molecule has 0 bridgehead atoms. The molecule has 1 atom stereocenters. The lowest BCUT2D eigenvalue weighted by Crippen LogP contribution is -2.13. The topological polar surface area (TPSA) is 35.2 Å². The van der Waals surface area contributed by atoms with Crippen molar-refractivity contribution in [3.05, 3.63) is 21.9 Å². The molecule has 0 amide bonds. The van der Waals surface area contributed by atoms with Crippen molar-refractivity contribution >= 4 is 11.3 Å². The number of aryl methyl sites for hydroxylation is 1. The first-order chi connectivity index (χ1) is 7.63. The monoisotopic (exact) mass is 249 g/mol. The molecule has 0 spiro atoms. The third-order valence-electron chi connectivity index (χ3n) is 2.21. The lowest BCUT2D eigenvalue weighted by Gasteiger charge is -2.09.